The van der Waals surface area contributed by atoms with Gasteiger partial charge in [-0.2, -0.15) is 0 Å². The number of nitrogens with zero attached hydrogens (tertiary/aromatic N) is 2. The second-order valence-corrected chi connectivity index (χ2v) is 6.02. The molecule has 0 aliphatic heterocycles. The summed E-state index contributed by atoms with van der Waals surface area (Å²) in [5.41, 5.74) is 2.70. The number of benzene rings is 2. The molecule has 0 unspecified atom stereocenters. The van der Waals surface area contributed by atoms with E-state index in [0.29, 0.717) is 5.69 Å². The van der Waals surface area contributed by atoms with E-state index in [0.717, 1.165) is 9.13 Å². The number of fused-ring (bicyclic) bond motifs is 1. The number of hydroxylamine groups is 1. The fraction of sp³-hybridized carbons (Fsp3) is 0.0714. The van der Waals surface area contributed by atoms with E-state index in [-0.39, 0.29) is 22.3 Å². The van der Waals surface area contributed by atoms with E-state index in [1.807, 2.05) is 19.1 Å². The van der Waals surface area contributed by atoms with Gasteiger partial charge < -0.3 is 5.32 Å². The molecule has 23 heavy (non-hydrogen) atoms. The van der Waals surface area contributed by atoms with Crippen molar-refractivity contribution in [3.63, 3.8) is 0 Å². The maximum atomic E-state index is 14.7. The van der Waals surface area contributed by atoms with Gasteiger partial charge in [0.2, 0.25) is 0 Å². The van der Waals surface area contributed by atoms with Gasteiger partial charge in [0, 0.05) is 9.26 Å². The van der Waals surface area contributed by atoms with Crippen LogP contribution in [0, 0.1) is 16.3 Å². The number of rotatable bonds is 3. The highest BCUT2D eigenvalue weighted by Gasteiger charge is 2.22. The van der Waals surface area contributed by atoms with Gasteiger partial charge in [-0.1, -0.05) is 0 Å². The molecular formula is C14H10FIN4O3. The van der Waals surface area contributed by atoms with Gasteiger partial charge in [0.05, 0.1) is 11.3 Å². The summed E-state index contributed by atoms with van der Waals surface area (Å²) in [5, 5.41) is 18.8. The minimum absolute atomic E-state index is 0.0750. The molecule has 0 saturated carbocycles. The fourth-order valence-electron chi connectivity index (χ4n) is 2.15. The Kier molecular flexibility index (Phi) is 4.13. The number of aryl methyl sites for hydroxylation is 1. The summed E-state index contributed by atoms with van der Waals surface area (Å²) in [4.78, 5) is 11.8. The Balaban J connectivity index is 2.17. The molecular weight excluding hydrogens is 418 g/mol. The predicted molar refractivity (Wildman–Crippen MR) is 88.2 cm³/mol. The average molecular weight is 428 g/mol. The van der Waals surface area contributed by atoms with E-state index in [2.05, 4.69) is 42.9 Å². The van der Waals surface area contributed by atoms with E-state index < -0.39 is 11.7 Å². The van der Waals surface area contributed by atoms with Crippen LogP contribution in [0.15, 0.2) is 28.9 Å². The Labute approximate surface area is 142 Å². The number of hydrogen-bond acceptors (Lipinski definition) is 6. The van der Waals surface area contributed by atoms with Gasteiger partial charge in [0.25, 0.3) is 5.91 Å². The fourth-order valence-corrected chi connectivity index (χ4v) is 2.80. The van der Waals surface area contributed by atoms with Crippen molar-refractivity contribution in [1.82, 2.24) is 15.8 Å². The summed E-state index contributed by atoms with van der Waals surface area (Å²) < 4.78 is 20.2. The number of nitrogens with one attached hydrogen (secondary N) is 2. The van der Waals surface area contributed by atoms with Crippen LogP contribution in [0.2, 0.25) is 0 Å². The first-order chi connectivity index (χ1) is 11.0. The number of hydrogen-bond donors (Lipinski definition) is 3. The lowest BCUT2D eigenvalue weighted by molar-refractivity contribution is 0.0707. The smallest absolute Gasteiger partial charge is 0.276 e. The minimum atomic E-state index is -0.875. The summed E-state index contributed by atoms with van der Waals surface area (Å²) >= 11 is 2.16. The molecule has 3 rings (SSSR count). The van der Waals surface area contributed by atoms with Gasteiger partial charge in [-0.05, 0) is 69.7 Å². The van der Waals surface area contributed by atoms with Crippen molar-refractivity contribution >= 4 is 50.9 Å². The van der Waals surface area contributed by atoms with E-state index in [1.54, 1.807) is 6.07 Å². The van der Waals surface area contributed by atoms with E-state index >= 15 is 0 Å². The Hall–Kier alpha value is -2.27. The largest absolute Gasteiger partial charge is 0.352 e. The normalized spacial score (nSPS) is 10.8. The quantitative estimate of drug-likeness (QED) is 0.337. The molecule has 0 saturated heterocycles. The SMILES string of the molecule is Cc1cc(I)ccc1Nc1c(C(=O)NO)cc2nonc2c1F. The molecule has 3 N–H and O–H groups in total. The lowest BCUT2D eigenvalue weighted by Crippen LogP contribution is -2.20. The van der Waals surface area contributed by atoms with Crippen LogP contribution >= 0.6 is 22.6 Å². The minimum Gasteiger partial charge on any atom is -0.352 e. The van der Waals surface area contributed by atoms with Crippen molar-refractivity contribution in [2.45, 2.75) is 6.92 Å². The van der Waals surface area contributed by atoms with Crippen LogP contribution in [-0.4, -0.2) is 21.4 Å². The van der Waals surface area contributed by atoms with Crippen LogP contribution < -0.4 is 10.8 Å². The third kappa shape index (κ3) is 2.84. The van der Waals surface area contributed by atoms with Crippen molar-refractivity contribution in [1.29, 1.82) is 0 Å². The molecule has 1 amide bonds. The van der Waals surface area contributed by atoms with Crippen LogP contribution in [0.25, 0.3) is 11.0 Å². The first kappa shape index (κ1) is 15.6. The summed E-state index contributed by atoms with van der Waals surface area (Å²) in [6.45, 7) is 1.85. The second-order valence-electron chi connectivity index (χ2n) is 4.77. The van der Waals surface area contributed by atoms with Crippen LogP contribution in [0.5, 0.6) is 0 Å². The first-order valence-electron chi connectivity index (χ1n) is 6.43. The molecule has 118 valence electrons. The van der Waals surface area contributed by atoms with Crippen LogP contribution in [0.4, 0.5) is 15.8 Å². The van der Waals surface area contributed by atoms with Crippen molar-refractivity contribution in [2.24, 2.45) is 0 Å². The number of anilines is 2. The highest BCUT2D eigenvalue weighted by Crippen LogP contribution is 2.31. The van der Waals surface area contributed by atoms with Crippen molar-refractivity contribution in [3.8, 4) is 0 Å². The molecule has 0 aliphatic rings. The zero-order valence-electron chi connectivity index (χ0n) is 11.7. The molecule has 1 aromatic heterocycles. The molecule has 0 aliphatic carbocycles. The second kappa shape index (κ2) is 6.08. The molecule has 3 aromatic rings. The molecule has 1 heterocycles. The van der Waals surface area contributed by atoms with Crippen LogP contribution in [0.3, 0.4) is 0 Å². The maximum absolute atomic E-state index is 14.7. The number of amides is 1. The highest BCUT2D eigenvalue weighted by atomic mass is 127. The number of carbonyl (C=O) groups is 1. The number of carbonyl (C=O) groups excluding carboxylic acids is 1. The third-order valence-electron chi connectivity index (χ3n) is 3.29. The number of halogens is 2. The zero-order chi connectivity index (χ0) is 16.6. The Morgan fingerprint density at radius 2 is 2.13 bits per heavy atom. The topological polar surface area (TPSA) is 100 Å². The standard InChI is InChI=1S/C14H10FIN4O3/c1-6-4-7(16)2-3-9(6)17-12-8(14(21)18-22)5-10-13(11(12)15)20-23-19-10/h2-5,17,22H,1H3,(H,18,21). The number of aromatic nitrogens is 2. The van der Waals surface area contributed by atoms with Gasteiger partial charge in [0.1, 0.15) is 5.52 Å². The Morgan fingerprint density at radius 3 is 2.83 bits per heavy atom. The summed E-state index contributed by atoms with van der Waals surface area (Å²) in [6.07, 6.45) is 0. The van der Waals surface area contributed by atoms with Crippen molar-refractivity contribution in [3.05, 3.63) is 44.8 Å². The van der Waals surface area contributed by atoms with Gasteiger partial charge in [-0.3, -0.25) is 10.0 Å². The van der Waals surface area contributed by atoms with Gasteiger partial charge >= 0.3 is 0 Å². The van der Waals surface area contributed by atoms with E-state index in [1.165, 1.54) is 11.5 Å². The molecule has 0 fully saturated rings. The van der Waals surface area contributed by atoms with E-state index in [4.69, 9.17) is 5.21 Å². The van der Waals surface area contributed by atoms with Gasteiger partial charge in [-0.25, -0.2) is 14.5 Å². The monoisotopic (exact) mass is 428 g/mol. The van der Waals surface area contributed by atoms with Crippen LogP contribution in [0.1, 0.15) is 15.9 Å². The Morgan fingerprint density at radius 1 is 1.35 bits per heavy atom. The average Bonchev–Trinajstić information content (AvgIpc) is 3.00. The highest BCUT2D eigenvalue weighted by molar-refractivity contribution is 14.1. The van der Waals surface area contributed by atoms with Crippen molar-refractivity contribution < 1.29 is 19.0 Å². The molecule has 0 spiro atoms. The van der Waals surface area contributed by atoms with E-state index in [9.17, 15) is 9.18 Å². The molecule has 9 heteroatoms. The molecule has 2 aromatic carbocycles. The molecule has 0 radical (unpaired) electrons. The maximum Gasteiger partial charge on any atom is 0.276 e. The lowest BCUT2D eigenvalue weighted by Gasteiger charge is -2.14. The summed E-state index contributed by atoms with van der Waals surface area (Å²) in [5.74, 6) is -1.67. The first-order valence-corrected chi connectivity index (χ1v) is 7.51. The molecule has 0 atom stereocenters. The van der Waals surface area contributed by atoms with Gasteiger partial charge in [-0.15, -0.1) is 0 Å². The molecule has 0 bridgehead atoms. The lowest BCUT2D eigenvalue weighted by atomic mass is 10.1. The summed E-state index contributed by atoms with van der Waals surface area (Å²) in [7, 11) is 0. The van der Waals surface area contributed by atoms with Crippen LogP contribution in [-0.2, 0) is 0 Å². The summed E-state index contributed by atoms with van der Waals surface area (Å²) in [6, 6.07) is 6.80. The van der Waals surface area contributed by atoms with Gasteiger partial charge in [0.15, 0.2) is 11.3 Å². The predicted octanol–water partition coefficient (Wildman–Crippen LogP) is 3.14. The van der Waals surface area contributed by atoms with Crippen molar-refractivity contribution in [2.75, 3.05) is 5.32 Å². The third-order valence-corrected chi connectivity index (χ3v) is 3.96. The zero-order valence-corrected chi connectivity index (χ0v) is 13.9. The Bertz CT molecular complexity index is 912. The molecule has 7 nitrogen and oxygen atoms in total.